The van der Waals surface area contributed by atoms with Crippen molar-refractivity contribution in [2.45, 2.75) is 32.3 Å². The van der Waals surface area contributed by atoms with E-state index in [9.17, 15) is 0 Å². The molecule has 84 valence electrons. The highest BCUT2D eigenvalue weighted by Crippen LogP contribution is 2.30. The van der Waals surface area contributed by atoms with Crippen LogP contribution in [0.15, 0.2) is 24.4 Å². The molecule has 3 rings (SSSR count). The average molecular weight is 215 g/mol. The van der Waals surface area contributed by atoms with Crippen molar-refractivity contribution in [3.63, 3.8) is 0 Å². The van der Waals surface area contributed by atoms with Gasteiger partial charge in [0.25, 0.3) is 0 Å². The number of aromatic nitrogens is 1. The summed E-state index contributed by atoms with van der Waals surface area (Å²) >= 11 is 0. The fourth-order valence-electron chi connectivity index (χ4n) is 2.63. The summed E-state index contributed by atoms with van der Waals surface area (Å²) < 4.78 is 5.88. The molecule has 2 aromatic rings. The van der Waals surface area contributed by atoms with Crippen molar-refractivity contribution in [3.05, 3.63) is 35.5 Å². The van der Waals surface area contributed by atoms with Gasteiger partial charge in [-0.25, -0.2) is 0 Å². The van der Waals surface area contributed by atoms with Crippen molar-refractivity contribution < 1.29 is 4.74 Å². The van der Waals surface area contributed by atoms with E-state index in [0.717, 1.165) is 25.9 Å². The van der Waals surface area contributed by atoms with E-state index in [2.05, 4.69) is 36.3 Å². The molecule has 0 spiro atoms. The first-order valence-electron chi connectivity index (χ1n) is 6.08. The Bertz CT molecular complexity index is 500. The molecule has 0 bridgehead atoms. The molecule has 1 aromatic heterocycles. The lowest BCUT2D eigenvalue weighted by Crippen LogP contribution is -2.22. The lowest BCUT2D eigenvalue weighted by molar-refractivity contribution is 0.0533. The molecule has 0 aliphatic heterocycles. The highest BCUT2D eigenvalue weighted by atomic mass is 16.5. The molecule has 2 heteroatoms. The van der Waals surface area contributed by atoms with Gasteiger partial charge < -0.3 is 9.72 Å². The quantitative estimate of drug-likeness (QED) is 0.836. The van der Waals surface area contributed by atoms with Gasteiger partial charge in [0.05, 0.1) is 6.10 Å². The van der Waals surface area contributed by atoms with Crippen molar-refractivity contribution in [2.24, 2.45) is 0 Å². The summed E-state index contributed by atoms with van der Waals surface area (Å²) in [6.07, 6.45) is 5.71. The molecular formula is C14H17NO. The topological polar surface area (TPSA) is 25.0 Å². The maximum absolute atomic E-state index is 5.88. The van der Waals surface area contributed by atoms with E-state index in [1.165, 1.54) is 22.0 Å². The first-order chi connectivity index (χ1) is 7.88. The number of aromatic amines is 1. The summed E-state index contributed by atoms with van der Waals surface area (Å²) in [6.45, 7) is 3.03. The molecular weight excluding hydrogens is 198 g/mol. The SMILES string of the molecule is CCCOC1Cc2cccc3[nH]cc(c23)C1. The predicted octanol–water partition coefficient (Wildman–Crippen LogP) is 3.06. The Morgan fingerprint density at radius 3 is 3.06 bits per heavy atom. The Labute approximate surface area is 95.6 Å². The van der Waals surface area contributed by atoms with Crippen LogP contribution in [0.5, 0.6) is 0 Å². The van der Waals surface area contributed by atoms with Crippen LogP contribution in [0.3, 0.4) is 0 Å². The van der Waals surface area contributed by atoms with Crippen LogP contribution in [-0.2, 0) is 17.6 Å². The first-order valence-corrected chi connectivity index (χ1v) is 6.08. The van der Waals surface area contributed by atoms with Crippen LogP contribution in [-0.4, -0.2) is 17.7 Å². The van der Waals surface area contributed by atoms with E-state index in [1.54, 1.807) is 0 Å². The lowest BCUT2D eigenvalue weighted by atomic mass is 9.91. The summed E-state index contributed by atoms with van der Waals surface area (Å²) in [5, 5.41) is 1.43. The highest BCUT2D eigenvalue weighted by Gasteiger charge is 2.21. The largest absolute Gasteiger partial charge is 0.378 e. The molecule has 0 saturated heterocycles. The number of ether oxygens (including phenoxy) is 1. The molecule has 0 amide bonds. The lowest BCUT2D eigenvalue weighted by Gasteiger charge is -2.22. The third-order valence-corrected chi connectivity index (χ3v) is 3.33. The highest BCUT2D eigenvalue weighted by molar-refractivity contribution is 5.87. The number of hydrogen-bond donors (Lipinski definition) is 1. The van der Waals surface area contributed by atoms with Crippen molar-refractivity contribution >= 4 is 10.9 Å². The van der Waals surface area contributed by atoms with Gasteiger partial charge in [-0.1, -0.05) is 19.1 Å². The standard InChI is InChI=1S/C14H17NO/c1-2-6-16-12-7-10-4-3-5-13-14(10)11(8-12)9-15-13/h3-5,9,12,15H,2,6-8H2,1H3. The normalized spacial score (nSPS) is 19.2. The Balaban J connectivity index is 1.94. The zero-order valence-electron chi connectivity index (χ0n) is 9.62. The number of nitrogens with one attached hydrogen (secondary N) is 1. The molecule has 1 heterocycles. The van der Waals surface area contributed by atoms with E-state index in [0.29, 0.717) is 6.10 Å². The van der Waals surface area contributed by atoms with Crippen LogP contribution in [0, 0.1) is 0 Å². The Morgan fingerprint density at radius 1 is 1.31 bits per heavy atom. The smallest absolute Gasteiger partial charge is 0.0656 e. The molecule has 1 aromatic carbocycles. The second-order valence-corrected chi connectivity index (χ2v) is 4.55. The molecule has 0 fully saturated rings. The number of rotatable bonds is 3. The number of H-pyrrole nitrogens is 1. The van der Waals surface area contributed by atoms with Gasteiger partial charge in [0.15, 0.2) is 0 Å². The monoisotopic (exact) mass is 215 g/mol. The fraction of sp³-hybridized carbons (Fsp3) is 0.429. The Morgan fingerprint density at radius 2 is 2.19 bits per heavy atom. The van der Waals surface area contributed by atoms with E-state index >= 15 is 0 Å². The summed E-state index contributed by atoms with van der Waals surface area (Å²) in [6, 6.07) is 6.50. The molecule has 1 unspecified atom stereocenters. The Kier molecular flexibility index (Phi) is 2.44. The van der Waals surface area contributed by atoms with Gasteiger partial charge in [0.1, 0.15) is 0 Å². The maximum atomic E-state index is 5.88. The molecule has 0 radical (unpaired) electrons. The van der Waals surface area contributed by atoms with E-state index in [-0.39, 0.29) is 0 Å². The number of hydrogen-bond acceptors (Lipinski definition) is 1. The molecule has 1 atom stereocenters. The van der Waals surface area contributed by atoms with Gasteiger partial charge in [-0.15, -0.1) is 0 Å². The molecule has 1 N–H and O–H groups in total. The predicted molar refractivity (Wildman–Crippen MR) is 65.7 cm³/mol. The number of benzene rings is 1. The minimum Gasteiger partial charge on any atom is -0.378 e. The second kappa shape index (κ2) is 3.95. The van der Waals surface area contributed by atoms with Crippen LogP contribution in [0.2, 0.25) is 0 Å². The van der Waals surface area contributed by atoms with E-state index in [1.807, 2.05) is 0 Å². The van der Waals surface area contributed by atoms with Crippen LogP contribution in [0.1, 0.15) is 24.5 Å². The van der Waals surface area contributed by atoms with Gasteiger partial charge in [-0.2, -0.15) is 0 Å². The summed E-state index contributed by atoms with van der Waals surface area (Å²) in [4.78, 5) is 3.34. The minimum absolute atomic E-state index is 0.369. The van der Waals surface area contributed by atoms with E-state index < -0.39 is 0 Å². The van der Waals surface area contributed by atoms with Crippen LogP contribution in [0.4, 0.5) is 0 Å². The zero-order valence-corrected chi connectivity index (χ0v) is 9.62. The molecule has 1 aliphatic rings. The van der Waals surface area contributed by atoms with Gasteiger partial charge in [-0.3, -0.25) is 0 Å². The van der Waals surface area contributed by atoms with Crippen LogP contribution < -0.4 is 0 Å². The van der Waals surface area contributed by atoms with Crippen molar-refractivity contribution in [3.8, 4) is 0 Å². The van der Waals surface area contributed by atoms with Crippen LogP contribution in [0.25, 0.3) is 10.9 Å². The molecule has 0 saturated carbocycles. The fourth-order valence-corrected chi connectivity index (χ4v) is 2.63. The van der Waals surface area contributed by atoms with Crippen LogP contribution >= 0.6 is 0 Å². The van der Waals surface area contributed by atoms with Gasteiger partial charge in [0.2, 0.25) is 0 Å². The minimum atomic E-state index is 0.369. The molecule has 2 nitrogen and oxygen atoms in total. The van der Waals surface area contributed by atoms with Gasteiger partial charge >= 0.3 is 0 Å². The second-order valence-electron chi connectivity index (χ2n) is 4.55. The van der Waals surface area contributed by atoms with Gasteiger partial charge in [-0.05, 0) is 30.0 Å². The van der Waals surface area contributed by atoms with Gasteiger partial charge in [0, 0.05) is 30.1 Å². The summed E-state index contributed by atoms with van der Waals surface area (Å²) in [7, 11) is 0. The third kappa shape index (κ3) is 1.54. The van der Waals surface area contributed by atoms with Crippen molar-refractivity contribution in [1.82, 2.24) is 4.98 Å². The maximum Gasteiger partial charge on any atom is 0.0656 e. The molecule has 1 aliphatic carbocycles. The van der Waals surface area contributed by atoms with E-state index in [4.69, 9.17) is 4.74 Å². The Hall–Kier alpha value is -1.28. The first kappa shape index (κ1) is 9.91. The molecule has 16 heavy (non-hydrogen) atoms. The summed E-state index contributed by atoms with van der Waals surface area (Å²) in [5.41, 5.74) is 4.11. The third-order valence-electron chi connectivity index (χ3n) is 3.33. The zero-order chi connectivity index (χ0) is 11.0. The summed E-state index contributed by atoms with van der Waals surface area (Å²) in [5.74, 6) is 0. The van der Waals surface area contributed by atoms with Crippen molar-refractivity contribution in [2.75, 3.05) is 6.61 Å². The average Bonchev–Trinajstić information content (AvgIpc) is 2.72. The van der Waals surface area contributed by atoms with Crippen molar-refractivity contribution in [1.29, 1.82) is 0 Å².